The number of ether oxygens (including phenoxy) is 1. The van der Waals surface area contributed by atoms with E-state index in [0.29, 0.717) is 24.6 Å². The fraction of sp³-hybridized carbons (Fsp3) is 0.562. The van der Waals surface area contributed by atoms with Gasteiger partial charge in [-0.3, -0.25) is 4.79 Å². The molecule has 1 aliphatic rings. The number of carbonyl (C=O) groups excluding carboxylic acids is 1. The van der Waals surface area contributed by atoms with Gasteiger partial charge in [-0.2, -0.15) is 0 Å². The van der Waals surface area contributed by atoms with E-state index in [1.165, 1.54) is 0 Å². The first-order valence-electron chi connectivity index (χ1n) is 7.40. The number of halogens is 1. The van der Waals surface area contributed by atoms with Gasteiger partial charge in [0.15, 0.2) is 34.5 Å². The highest BCUT2D eigenvalue weighted by Crippen LogP contribution is 2.46. The number of likely N-dealkylation sites (tertiary alicyclic amines) is 1. The van der Waals surface area contributed by atoms with Gasteiger partial charge in [-0.05, 0) is 24.6 Å². The second kappa shape index (κ2) is 7.23. The van der Waals surface area contributed by atoms with E-state index in [4.69, 9.17) is 12.9 Å². The molecule has 128 valence electrons. The highest BCUT2D eigenvalue weighted by atomic mass is 127. The molecule has 1 heterocycles. The van der Waals surface area contributed by atoms with Gasteiger partial charge in [0.25, 0.3) is 0 Å². The first-order chi connectivity index (χ1) is 10.9. The average Bonchev–Trinajstić information content (AvgIpc) is 2.92. The molecule has 1 aliphatic heterocycles. The number of methoxy groups -OCH3 is 1. The fourth-order valence-corrected chi connectivity index (χ4v) is 3.53. The molecule has 1 aromatic carbocycles. The number of carbonyl (C=O) groups is 1. The van der Waals surface area contributed by atoms with Crippen molar-refractivity contribution in [3.63, 3.8) is 0 Å². The summed E-state index contributed by atoms with van der Waals surface area (Å²) in [6.07, 6.45) is -0.602. The summed E-state index contributed by atoms with van der Waals surface area (Å²) in [6, 6.07) is 5.63. The van der Waals surface area contributed by atoms with Crippen molar-refractivity contribution in [2.45, 2.75) is 25.9 Å². The maximum absolute atomic E-state index is 11.9. The number of aliphatic hydroxyl groups excluding tert-OH is 2. The Labute approximate surface area is 150 Å². The number of aliphatic hydroxyl groups is 2. The summed E-state index contributed by atoms with van der Waals surface area (Å²) >= 11 is 1.80. The summed E-state index contributed by atoms with van der Waals surface area (Å²) in [5.41, 5.74) is 0.469. The van der Waals surface area contributed by atoms with E-state index in [9.17, 15) is 9.90 Å². The molecule has 0 radical (unpaired) electrons. The maximum atomic E-state index is 11.9. The van der Waals surface area contributed by atoms with Crippen LogP contribution in [0.3, 0.4) is 0 Å². The number of hydrogen-bond acceptors (Lipinski definition) is 5. The molecule has 6 nitrogen and oxygen atoms in total. The number of benzene rings is 1. The van der Waals surface area contributed by atoms with E-state index >= 15 is 0 Å². The molecule has 0 aliphatic carbocycles. The van der Waals surface area contributed by atoms with Gasteiger partial charge in [0, 0.05) is 24.4 Å². The number of nitrogens with zero attached hydrogens (tertiary/aromatic N) is 1. The predicted octanol–water partition coefficient (Wildman–Crippen LogP) is 1.73. The van der Waals surface area contributed by atoms with E-state index in [0.717, 1.165) is 5.56 Å². The Bertz CT molecular complexity index is 580. The molecule has 0 bridgehead atoms. The zero-order valence-corrected chi connectivity index (χ0v) is 15.6. The predicted molar refractivity (Wildman–Crippen MR) is 93.8 cm³/mol. The first kappa shape index (κ1) is 18.3. The van der Waals surface area contributed by atoms with Gasteiger partial charge in [0.05, 0.1) is 13.2 Å². The summed E-state index contributed by atoms with van der Waals surface area (Å²) < 4.78 is 10.6. The Morgan fingerprint density at radius 1 is 1.52 bits per heavy atom. The van der Waals surface area contributed by atoms with Crippen LogP contribution in [0.4, 0.5) is 0 Å². The van der Waals surface area contributed by atoms with Gasteiger partial charge in [-0.15, -0.1) is 0 Å². The van der Waals surface area contributed by atoms with Crippen molar-refractivity contribution in [2.24, 2.45) is 5.41 Å². The van der Waals surface area contributed by atoms with Crippen molar-refractivity contribution in [3.05, 3.63) is 23.8 Å². The Hall–Kier alpha value is -1.06. The number of rotatable bonds is 5. The van der Waals surface area contributed by atoms with Crippen LogP contribution < -0.4 is 7.80 Å². The molecule has 0 unspecified atom stereocenters. The molecule has 1 aromatic rings. The SMILES string of the molecule is COc1ccc([C@@H]2CN(C(=O)CO)C[C@@]2(C)[C@@H](C)O)cc1OI. The largest absolute Gasteiger partial charge is 0.493 e. The molecule has 1 fully saturated rings. The van der Waals surface area contributed by atoms with E-state index in [1.54, 1.807) is 41.9 Å². The lowest BCUT2D eigenvalue weighted by atomic mass is 9.72. The van der Waals surface area contributed by atoms with Crippen LogP contribution in [0.5, 0.6) is 11.5 Å². The lowest BCUT2D eigenvalue weighted by Gasteiger charge is -2.33. The zero-order chi connectivity index (χ0) is 17.2. The lowest BCUT2D eigenvalue weighted by molar-refractivity contribution is -0.133. The van der Waals surface area contributed by atoms with Crippen LogP contribution in [0.25, 0.3) is 0 Å². The topological polar surface area (TPSA) is 79.2 Å². The normalized spacial score (nSPS) is 25.3. The van der Waals surface area contributed by atoms with Crippen LogP contribution >= 0.6 is 23.0 Å². The Balaban J connectivity index is 2.40. The molecule has 3 atom stereocenters. The van der Waals surface area contributed by atoms with Crippen molar-refractivity contribution >= 4 is 28.9 Å². The summed E-state index contributed by atoms with van der Waals surface area (Å²) in [5.74, 6) is 0.848. The molecule has 0 aromatic heterocycles. The van der Waals surface area contributed by atoms with Crippen LogP contribution in [-0.4, -0.2) is 53.9 Å². The highest BCUT2D eigenvalue weighted by molar-refractivity contribution is 14.1. The zero-order valence-electron chi connectivity index (χ0n) is 13.5. The highest BCUT2D eigenvalue weighted by Gasteiger charge is 2.48. The van der Waals surface area contributed by atoms with Gasteiger partial charge in [-0.25, -0.2) is 0 Å². The first-order valence-corrected chi connectivity index (χ1v) is 8.28. The molecule has 7 heteroatoms. The smallest absolute Gasteiger partial charge is 0.248 e. The summed E-state index contributed by atoms with van der Waals surface area (Å²) in [5, 5.41) is 19.4. The van der Waals surface area contributed by atoms with Crippen LogP contribution in [0.2, 0.25) is 0 Å². The van der Waals surface area contributed by atoms with Crippen LogP contribution in [0, 0.1) is 5.41 Å². The fourth-order valence-electron chi connectivity index (χ4n) is 3.18. The minimum Gasteiger partial charge on any atom is -0.493 e. The standard InChI is InChI=1S/C16H22INO5/c1-10(20)16(2)9-18(15(21)8-19)7-12(16)11-4-5-13(22-3)14(6-11)23-17/h4-6,10,12,19-20H,7-9H2,1-3H3/t10-,12+,16+/m1/s1. The Kier molecular flexibility index (Phi) is 5.74. The van der Waals surface area contributed by atoms with Gasteiger partial charge in [0.2, 0.25) is 5.91 Å². The molecule has 0 spiro atoms. The van der Waals surface area contributed by atoms with Crippen LogP contribution in [0.1, 0.15) is 25.3 Å². The van der Waals surface area contributed by atoms with Crippen molar-refractivity contribution in [1.29, 1.82) is 0 Å². The third-order valence-electron chi connectivity index (χ3n) is 4.85. The molecule has 2 rings (SSSR count). The van der Waals surface area contributed by atoms with Crippen LogP contribution in [0.15, 0.2) is 18.2 Å². The molecule has 23 heavy (non-hydrogen) atoms. The van der Waals surface area contributed by atoms with Gasteiger partial charge in [-0.1, -0.05) is 13.0 Å². The monoisotopic (exact) mass is 435 g/mol. The molecular formula is C16H22INO5. The molecule has 2 N–H and O–H groups in total. The molecule has 1 amide bonds. The van der Waals surface area contributed by atoms with Crippen LogP contribution in [-0.2, 0) is 4.79 Å². The second-order valence-corrected chi connectivity index (χ2v) is 6.59. The van der Waals surface area contributed by atoms with Crippen molar-refractivity contribution in [1.82, 2.24) is 4.90 Å². The maximum Gasteiger partial charge on any atom is 0.248 e. The minimum absolute atomic E-state index is 0.0609. The Morgan fingerprint density at radius 2 is 2.22 bits per heavy atom. The summed E-state index contributed by atoms with van der Waals surface area (Å²) in [4.78, 5) is 13.5. The molecular weight excluding hydrogens is 413 g/mol. The number of hydrogen-bond donors (Lipinski definition) is 2. The summed E-state index contributed by atoms with van der Waals surface area (Å²) in [7, 11) is 1.57. The Morgan fingerprint density at radius 3 is 2.74 bits per heavy atom. The van der Waals surface area contributed by atoms with Gasteiger partial charge >= 0.3 is 0 Å². The van der Waals surface area contributed by atoms with E-state index < -0.39 is 18.1 Å². The van der Waals surface area contributed by atoms with Gasteiger partial charge in [0.1, 0.15) is 6.61 Å². The van der Waals surface area contributed by atoms with E-state index in [1.807, 2.05) is 25.1 Å². The summed E-state index contributed by atoms with van der Waals surface area (Å²) in [6.45, 7) is 4.03. The lowest BCUT2D eigenvalue weighted by Crippen LogP contribution is -2.38. The molecule has 1 saturated heterocycles. The van der Waals surface area contributed by atoms with Gasteiger partial charge < -0.3 is 22.9 Å². The third kappa shape index (κ3) is 3.41. The second-order valence-electron chi connectivity index (χ2n) is 6.15. The van der Waals surface area contributed by atoms with Crippen molar-refractivity contribution < 1.29 is 22.8 Å². The van der Waals surface area contributed by atoms with E-state index in [2.05, 4.69) is 0 Å². The quantitative estimate of drug-likeness (QED) is 0.689. The molecule has 0 saturated carbocycles. The minimum atomic E-state index is -0.602. The van der Waals surface area contributed by atoms with E-state index in [-0.39, 0.29) is 11.8 Å². The average molecular weight is 435 g/mol. The number of amides is 1. The third-order valence-corrected chi connectivity index (χ3v) is 5.32. The van der Waals surface area contributed by atoms with Crippen molar-refractivity contribution in [3.8, 4) is 11.5 Å². The van der Waals surface area contributed by atoms with Crippen molar-refractivity contribution in [2.75, 3.05) is 26.8 Å².